The third-order valence-electron chi connectivity index (χ3n) is 4.51. The molecule has 1 aliphatic rings. The van der Waals surface area contributed by atoms with Crippen LogP contribution in [0.3, 0.4) is 0 Å². The van der Waals surface area contributed by atoms with Crippen LogP contribution in [-0.4, -0.2) is 20.9 Å². The van der Waals surface area contributed by atoms with Crippen molar-refractivity contribution in [2.24, 2.45) is 0 Å². The van der Waals surface area contributed by atoms with Crippen LogP contribution in [0.4, 0.5) is 0 Å². The average molecular weight is 392 g/mol. The Morgan fingerprint density at radius 2 is 1.56 bits per heavy atom. The fourth-order valence-electron chi connectivity index (χ4n) is 3.29. The molecule has 0 aliphatic carbocycles. The first-order valence-corrected chi connectivity index (χ1v) is 10.2. The zero-order valence-electron chi connectivity index (χ0n) is 14.0. The molecule has 1 amide bonds. The molecule has 2 unspecified atom stereocenters. The summed E-state index contributed by atoms with van der Waals surface area (Å²) in [4.78, 5) is 13.0. The molecule has 1 N–H and O–H groups in total. The summed E-state index contributed by atoms with van der Waals surface area (Å²) in [6, 6.07) is 27.1. The van der Waals surface area contributed by atoms with Gasteiger partial charge in [-0.1, -0.05) is 0 Å². The van der Waals surface area contributed by atoms with Crippen LogP contribution in [0.15, 0.2) is 78.9 Å². The number of amides is 1. The summed E-state index contributed by atoms with van der Waals surface area (Å²) in [6.07, 6.45) is 0. The van der Waals surface area contributed by atoms with Gasteiger partial charge in [0.2, 0.25) is 0 Å². The molecule has 0 fully saturated rings. The van der Waals surface area contributed by atoms with E-state index in [4.69, 9.17) is 0 Å². The van der Waals surface area contributed by atoms with Crippen molar-refractivity contribution in [1.82, 2.24) is 5.32 Å². The zero-order chi connectivity index (χ0) is 17.2. The van der Waals surface area contributed by atoms with Crippen molar-refractivity contribution in [2.75, 3.05) is 0 Å². The van der Waals surface area contributed by atoms with E-state index < -0.39 is 0 Å². The van der Waals surface area contributed by atoms with Crippen LogP contribution in [-0.2, 0) is 0 Å². The SMILES string of the molecule is Cc1ccc2c(c1)C([Se]c1ccccc1)C(c1ccccc1)NC2=O. The zero-order valence-corrected chi connectivity index (χ0v) is 15.7. The Kier molecular flexibility index (Phi) is 4.44. The number of rotatable bonds is 3. The van der Waals surface area contributed by atoms with Crippen molar-refractivity contribution in [3.8, 4) is 0 Å². The van der Waals surface area contributed by atoms with Gasteiger partial charge in [-0.15, -0.1) is 0 Å². The molecule has 124 valence electrons. The molecule has 1 heterocycles. The van der Waals surface area contributed by atoms with E-state index in [1.807, 2.05) is 30.3 Å². The van der Waals surface area contributed by atoms with Gasteiger partial charge < -0.3 is 0 Å². The van der Waals surface area contributed by atoms with Crippen molar-refractivity contribution in [3.05, 3.63) is 101 Å². The molecule has 0 spiro atoms. The van der Waals surface area contributed by atoms with Crippen LogP contribution < -0.4 is 9.78 Å². The Hall–Kier alpha value is -2.35. The van der Waals surface area contributed by atoms with E-state index >= 15 is 0 Å². The second-order valence-corrected chi connectivity index (χ2v) is 8.85. The van der Waals surface area contributed by atoms with E-state index in [1.54, 1.807) is 0 Å². The number of benzene rings is 3. The molecule has 25 heavy (non-hydrogen) atoms. The van der Waals surface area contributed by atoms with E-state index in [0.717, 1.165) is 5.56 Å². The molecule has 0 radical (unpaired) electrons. The van der Waals surface area contributed by atoms with Gasteiger partial charge in [-0.2, -0.15) is 0 Å². The Morgan fingerprint density at radius 3 is 2.28 bits per heavy atom. The van der Waals surface area contributed by atoms with Crippen LogP contribution in [0.25, 0.3) is 0 Å². The first kappa shape index (κ1) is 16.1. The maximum absolute atomic E-state index is 12.7. The molecule has 0 saturated heterocycles. The minimum absolute atomic E-state index is 0.0169. The summed E-state index contributed by atoms with van der Waals surface area (Å²) in [5.41, 5.74) is 4.38. The van der Waals surface area contributed by atoms with Crippen molar-refractivity contribution in [3.63, 3.8) is 0 Å². The fraction of sp³-hybridized carbons (Fsp3) is 0.136. The summed E-state index contributed by atoms with van der Waals surface area (Å²) < 4.78 is 1.35. The van der Waals surface area contributed by atoms with Gasteiger partial charge in [0.25, 0.3) is 0 Å². The number of fused-ring (bicyclic) bond motifs is 1. The Morgan fingerprint density at radius 1 is 0.880 bits per heavy atom. The minimum atomic E-state index is 0.0169. The number of hydrogen-bond acceptors (Lipinski definition) is 1. The van der Waals surface area contributed by atoms with Gasteiger partial charge in [-0.05, 0) is 0 Å². The van der Waals surface area contributed by atoms with Gasteiger partial charge >= 0.3 is 154 Å². The van der Waals surface area contributed by atoms with Crippen LogP contribution in [0.5, 0.6) is 0 Å². The van der Waals surface area contributed by atoms with Gasteiger partial charge in [0, 0.05) is 0 Å². The molecule has 1 aliphatic heterocycles. The van der Waals surface area contributed by atoms with Crippen LogP contribution in [0.1, 0.15) is 37.9 Å². The molecule has 0 aromatic heterocycles. The van der Waals surface area contributed by atoms with Crippen molar-refractivity contribution < 1.29 is 4.79 Å². The van der Waals surface area contributed by atoms with Gasteiger partial charge in [0.05, 0.1) is 0 Å². The standard InChI is InChI=1S/C22H19NOSe/c1-15-12-13-18-19(14-15)21(25-17-10-6-3-7-11-17)20(23-22(18)24)16-8-4-2-5-9-16/h2-14,20-21H,1H3,(H,23,24). The summed E-state index contributed by atoms with van der Waals surface area (Å²) >= 11 is 0.220. The molecule has 4 rings (SSSR count). The summed E-state index contributed by atoms with van der Waals surface area (Å²) in [5, 5.41) is 3.26. The van der Waals surface area contributed by atoms with Gasteiger partial charge in [-0.3, -0.25) is 0 Å². The predicted molar refractivity (Wildman–Crippen MR) is 102 cm³/mol. The van der Waals surface area contributed by atoms with E-state index in [1.165, 1.54) is 21.2 Å². The first-order chi connectivity index (χ1) is 12.2. The topological polar surface area (TPSA) is 29.1 Å². The second-order valence-electron chi connectivity index (χ2n) is 6.30. The van der Waals surface area contributed by atoms with Crippen LogP contribution in [0, 0.1) is 6.92 Å². The van der Waals surface area contributed by atoms with E-state index in [9.17, 15) is 4.79 Å². The third-order valence-corrected chi connectivity index (χ3v) is 7.29. The molecule has 3 aromatic rings. The van der Waals surface area contributed by atoms with Gasteiger partial charge in [0.15, 0.2) is 0 Å². The van der Waals surface area contributed by atoms with Crippen LogP contribution >= 0.6 is 0 Å². The van der Waals surface area contributed by atoms with Gasteiger partial charge in [0.1, 0.15) is 0 Å². The van der Waals surface area contributed by atoms with E-state index in [-0.39, 0.29) is 31.7 Å². The third kappa shape index (κ3) is 3.26. The Labute approximate surface area is 154 Å². The van der Waals surface area contributed by atoms with Crippen molar-refractivity contribution in [2.45, 2.75) is 17.8 Å². The maximum atomic E-state index is 12.7. The Bertz CT molecular complexity index is 892. The second kappa shape index (κ2) is 6.87. The number of hydrogen-bond donors (Lipinski definition) is 1. The quantitative estimate of drug-likeness (QED) is 0.679. The molecule has 3 heteroatoms. The van der Waals surface area contributed by atoms with Crippen LogP contribution in [0.2, 0.25) is 0 Å². The fourth-order valence-corrected chi connectivity index (χ4v) is 6.00. The van der Waals surface area contributed by atoms with Gasteiger partial charge in [-0.25, -0.2) is 0 Å². The van der Waals surface area contributed by atoms with E-state index in [2.05, 4.69) is 60.8 Å². The number of aryl methyl sites for hydroxylation is 1. The number of nitrogens with one attached hydrogen (secondary N) is 1. The monoisotopic (exact) mass is 393 g/mol. The van der Waals surface area contributed by atoms with Crippen molar-refractivity contribution in [1.29, 1.82) is 0 Å². The molecule has 3 aromatic carbocycles. The van der Waals surface area contributed by atoms with Crippen molar-refractivity contribution >= 4 is 25.3 Å². The summed E-state index contributed by atoms with van der Waals surface area (Å²) in [5.74, 6) is 0.0314. The molecule has 2 nitrogen and oxygen atoms in total. The molecule has 0 saturated carbocycles. The number of carbonyl (C=O) groups is 1. The molecular formula is C22H19NOSe. The molecule has 2 atom stereocenters. The summed E-state index contributed by atoms with van der Waals surface area (Å²) in [6.45, 7) is 2.09. The molecule has 0 bridgehead atoms. The number of carbonyl (C=O) groups excluding carboxylic acids is 1. The normalized spacial score (nSPS) is 19.2. The predicted octanol–water partition coefficient (Wildman–Crippen LogP) is 3.55. The Balaban J connectivity index is 1.82. The van der Waals surface area contributed by atoms with E-state index in [0.29, 0.717) is 0 Å². The molecular weight excluding hydrogens is 373 g/mol. The first-order valence-electron chi connectivity index (χ1n) is 8.40. The average Bonchev–Trinajstić information content (AvgIpc) is 2.65. The summed E-state index contributed by atoms with van der Waals surface area (Å²) in [7, 11) is 0.